The van der Waals surface area contributed by atoms with Crippen LogP contribution in [0.25, 0.3) is 16.6 Å². The lowest BCUT2D eigenvalue weighted by atomic mass is 9.98. The zero-order valence-corrected chi connectivity index (χ0v) is 22.2. The van der Waals surface area contributed by atoms with E-state index in [0.717, 1.165) is 12.8 Å². The molecular weight excluding hydrogens is 521 g/mol. The average molecular weight is 548 g/mol. The van der Waals surface area contributed by atoms with Gasteiger partial charge in [0, 0.05) is 30.3 Å². The van der Waals surface area contributed by atoms with Gasteiger partial charge in [-0.05, 0) is 56.5 Å². The Bertz CT molecular complexity index is 1330. The van der Waals surface area contributed by atoms with Crippen LogP contribution in [0.1, 0.15) is 32.6 Å². The van der Waals surface area contributed by atoms with Gasteiger partial charge in [-0.25, -0.2) is 4.98 Å². The first kappa shape index (κ1) is 26.5. The average Bonchev–Trinajstić information content (AvgIpc) is 2.87. The zero-order chi connectivity index (χ0) is 25.7. The number of carbonyl (C=O) groups is 2. The van der Waals surface area contributed by atoms with Crippen LogP contribution < -0.4 is 5.56 Å². The third-order valence-corrected chi connectivity index (χ3v) is 7.62. The molecule has 0 saturated carbocycles. The molecule has 3 aromatic rings. The van der Waals surface area contributed by atoms with Gasteiger partial charge in [-0.3, -0.25) is 19.0 Å². The number of likely N-dealkylation sites (tertiary alicyclic amines) is 1. The molecule has 4 rings (SSSR count). The first-order chi connectivity index (χ1) is 17.4. The van der Waals surface area contributed by atoms with Gasteiger partial charge < -0.3 is 9.64 Å². The van der Waals surface area contributed by atoms with Crippen LogP contribution in [0, 0.1) is 5.92 Å². The molecule has 1 fully saturated rings. The molecule has 10 heteroatoms. The lowest BCUT2D eigenvalue weighted by Crippen LogP contribution is -2.42. The van der Waals surface area contributed by atoms with Crippen LogP contribution in [-0.4, -0.2) is 51.8 Å². The van der Waals surface area contributed by atoms with Gasteiger partial charge in [-0.15, -0.1) is 0 Å². The fraction of sp³-hybridized carbons (Fsp3) is 0.385. The summed E-state index contributed by atoms with van der Waals surface area (Å²) in [6.07, 6.45) is 2.49. The van der Waals surface area contributed by atoms with Crippen LogP contribution in [0.4, 0.5) is 0 Å². The molecule has 2 aromatic carbocycles. The van der Waals surface area contributed by atoms with Crippen LogP contribution in [-0.2, 0) is 14.3 Å². The second kappa shape index (κ2) is 12.1. The summed E-state index contributed by atoms with van der Waals surface area (Å²) in [6, 6.07) is 12.1. The predicted octanol–water partition coefficient (Wildman–Crippen LogP) is 5.37. The van der Waals surface area contributed by atoms with Crippen molar-refractivity contribution in [3.05, 3.63) is 62.9 Å². The Morgan fingerprint density at radius 1 is 1.19 bits per heavy atom. The number of esters is 1. The number of benzene rings is 2. The van der Waals surface area contributed by atoms with E-state index in [1.807, 2.05) is 6.07 Å². The number of thioether (sulfide) groups is 1. The minimum atomic E-state index is -0.252. The molecule has 1 amide bonds. The molecule has 1 aromatic heterocycles. The number of fused-ring (bicyclic) bond motifs is 1. The number of aromatic nitrogens is 2. The minimum Gasteiger partial charge on any atom is -0.466 e. The molecule has 7 nitrogen and oxygen atoms in total. The van der Waals surface area contributed by atoms with Crippen molar-refractivity contribution in [1.82, 2.24) is 14.5 Å². The number of hydrogen-bond acceptors (Lipinski definition) is 6. The smallest absolute Gasteiger partial charge is 0.310 e. The maximum Gasteiger partial charge on any atom is 0.310 e. The predicted molar refractivity (Wildman–Crippen MR) is 143 cm³/mol. The Hall–Kier alpha value is -2.55. The second-order valence-corrected chi connectivity index (χ2v) is 10.4. The van der Waals surface area contributed by atoms with Crippen molar-refractivity contribution in [3.63, 3.8) is 0 Å². The second-order valence-electron chi connectivity index (χ2n) is 8.53. The lowest BCUT2D eigenvalue weighted by molar-refractivity contribution is -0.151. The molecule has 190 valence electrons. The highest BCUT2D eigenvalue weighted by molar-refractivity contribution is 7.99. The minimum absolute atomic E-state index is 0.0224. The molecule has 0 aliphatic carbocycles. The Morgan fingerprint density at radius 3 is 2.78 bits per heavy atom. The number of nitrogens with zero attached hydrogens (tertiary/aromatic N) is 3. The lowest BCUT2D eigenvalue weighted by Gasteiger charge is -2.31. The monoisotopic (exact) mass is 547 g/mol. The van der Waals surface area contributed by atoms with E-state index < -0.39 is 0 Å². The molecule has 1 saturated heterocycles. The topological polar surface area (TPSA) is 81.5 Å². The van der Waals surface area contributed by atoms with Crippen molar-refractivity contribution in [2.24, 2.45) is 5.92 Å². The largest absolute Gasteiger partial charge is 0.466 e. The number of ether oxygens (including phenoxy) is 1. The summed E-state index contributed by atoms with van der Waals surface area (Å²) in [4.78, 5) is 44.7. The van der Waals surface area contributed by atoms with E-state index in [4.69, 9.17) is 32.9 Å². The molecular formula is C26H27Cl2N3O4S. The summed E-state index contributed by atoms with van der Waals surface area (Å²) in [5, 5.41) is 1.81. The standard InChI is InChI=1S/C26H27Cl2N3O4S/c1-2-35-25(34)17-7-5-13-30(16-17)23(32)10-6-14-36-26-29-21-9-4-3-8-19(21)24(33)31(26)22-12-11-18(27)15-20(22)28/h3-4,8-9,11-12,15,17H,2,5-7,10,13-14,16H2,1H3. The first-order valence-electron chi connectivity index (χ1n) is 11.9. The van der Waals surface area contributed by atoms with Crippen LogP contribution in [0.2, 0.25) is 10.0 Å². The summed E-state index contributed by atoms with van der Waals surface area (Å²) in [6.45, 7) is 3.19. The van der Waals surface area contributed by atoms with Crippen molar-refractivity contribution in [1.29, 1.82) is 0 Å². The van der Waals surface area contributed by atoms with E-state index >= 15 is 0 Å². The van der Waals surface area contributed by atoms with E-state index in [1.165, 1.54) is 16.3 Å². The Kier molecular flexibility index (Phi) is 8.93. The number of para-hydroxylation sites is 1. The summed E-state index contributed by atoms with van der Waals surface area (Å²) in [5.41, 5.74) is 0.878. The zero-order valence-electron chi connectivity index (χ0n) is 19.9. The molecule has 0 spiro atoms. The highest BCUT2D eigenvalue weighted by atomic mass is 35.5. The highest BCUT2D eigenvalue weighted by Gasteiger charge is 2.29. The van der Waals surface area contributed by atoms with Crippen molar-refractivity contribution >= 4 is 57.7 Å². The fourth-order valence-corrected chi connectivity index (χ4v) is 5.72. The van der Waals surface area contributed by atoms with Gasteiger partial charge in [0.1, 0.15) is 0 Å². The normalized spacial score (nSPS) is 15.8. The molecule has 36 heavy (non-hydrogen) atoms. The number of hydrogen-bond donors (Lipinski definition) is 0. The van der Waals surface area contributed by atoms with Crippen molar-refractivity contribution in [2.45, 2.75) is 37.8 Å². The quantitative estimate of drug-likeness (QED) is 0.163. The van der Waals surface area contributed by atoms with Gasteiger partial charge in [0.05, 0.1) is 34.1 Å². The van der Waals surface area contributed by atoms with Gasteiger partial charge in [-0.2, -0.15) is 0 Å². The summed E-state index contributed by atoms with van der Waals surface area (Å²) in [5.74, 6) is 0.120. The molecule has 0 N–H and O–H groups in total. The molecule has 2 heterocycles. The molecule has 1 unspecified atom stereocenters. The number of amides is 1. The van der Waals surface area contributed by atoms with Crippen LogP contribution in [0.5, 0.6) is 0 Å². The van der Waals surface area contributed by atoms with E-state index in [1.54, 1.807) is 48.2 Å². The molecule has 1 aliphatic heterocycles. The van der Waals surface area contributed by atoms with Crippen LogP contribution >= 0.6 is 35.0 Å². The number of piperidine rings is 1. The van der Waals surface area contributed by atoms with Gasteiger partial charge in [-0.1, -0.05) is 47.1 Å². The summed E-state index contributed by atoms with van der Waals surface area (Å²) in [7, 11) is 0. The van der Waals surface area contributed by atoms with Gasteiger partial charge >= 0.3 is 5.97 Å². The number of halogens is 2. The molecule has 1 atom stereocenters. The fourth-order valence-electron chi connectivity index (χ4n) is 4.29. The van der Waals surface area contributed by atoms with E-state index in [-0.39, 0.29) is 23.4 Å². The maximum absolute atomic E-state index is 13.4. The number of rotatable bonds is 8. The SMILES string of the molecule is CCOC(=O)C1CCCN(C(=O)CCCSc2nc3ccccc3c(=O)n2-c2ccc(Cl)cc2Cl)C1. The van der Waals surface area contributed by atoms with Crippen molar-refractivity contribution < 1.29 is 14.3 Å². The van der Waals surface area contributed by atoms with Crippen molar-refractivity contribution in [2.75, 3.05) is 25.4 Å². The summed E-state index contributed by atoms with van der Waals surface area (Å²) >= 11 is 13.9. The van der Waals surface area contributed by atoms with Gasteiger partial charge in [0.25, 0.3) is 5.56 Å². The molecule has 0 radical (unpaired) electrons. The highest BCUT2D eigenvalue weighted by Crippen LogP contribution is 2.28. The van der Waals surface area contributed by atoms with E-state index in [9.17, 15) is 14.4 Å². The molecule has 0 bridgehead atoms. The Morgan fingerprint density at radius 2 is 2.00 bits per heavy atom. The van der Waals surface area contributed by atoms with Crippen molar-refractivity contribution in [3.8, 4) is 5.69 Å². The third-order valence-electron chi connectivity index (χ3n) is 6.06. The van der Waals surface area contributed by atoms with Gasteiger partial charge in [0.2, 0.25) is 5.91 Å². The summed E-state index contributed by atoms with van der Waals surface area (Å²) < 4.78 is 6.63. The first-order valence-corrected chi connectivity index (χ1v) is 13.7. The molecule has 1 aliphatic rings. The Balaban J connectivity index is 1.46. The van der Waals surface area contributed by atoms with Gasteiger partial charge in [0.15, 0.2) is 5.16 Å². The third kappa shape index (κ3) is 6.05. The van der Waals surface area contributed by atoms with Crippen LogP contribution in [0.15, 0.2) is 52.4 Å². The van der Waals surface area contributed by atoms with E-state index in [0.29, 0.717) is 70.1 Å². The van der Waals surface area contributed by atoms with Crippen LogP contribution in [0.3, 0.4) is 0 Å². The van der Waals surface area contributed by atoms with E-state index in [2.05, 4.69) is 0 Å². The number of carbonyl (C=O) groups excluding carboxylic acids is 2. The maximum atomic E-state index is 13.4. The Labute approximate surface area is 223 Å².